The molecule has 0 heterocycles. The Balaban J connectivity index is 3.99. The van der Waals surface area contributed by atoms with Crippen LogP contribution in [-0.2, 0) is 0 Å². The van der Waals surface area contributed by atoms with Crippen LogP contribution in [-0.4, -0.2) is 46.3 Å². The summed E-state index contributed by atoms with van der Waals surface area (Å²) in [5.41, 5.74) is 0.0363. The fourth-order valence-electron chi connectivity index (χ4n) is 1.56. The summed E-state index contributed by atoms with van der Waals surface area (Å²) < 4.78 is 0. The predicted octanol–water partition coefficient (Wildman–Crippen LogP) is -0.249. The van der Waals surface area contributed by atoms with Gasteiger partial charge in [-0.25, -0.2) is 4.79 Å². The van der Waals surface area contributed by atoms with E-state index in [1.54, 1.807) is 0 Å². The molecular weight excluding hydrogens is 192 g/mol. The zero-order valence-electron chi connectivity index (χ0n) is 10.2. The average molecular weight is 216 g/mol. The van der Waals surface area contributed by atoms with Crippen LogP contribution in [0, 0.1) is 5.41 Å². The number of hydrogen-bond donors (Lipinski definition) is 4. The fourth-order valence-corrected chi connectivity index (χ4v) is 1.56. The van der Waals surface area contributed by atoms with E-state index in [1.807, 2.05) is 21.0 Å². The summed E-state index contributed by atoms with van der Waals surface area (Å²) in [5.74, 6) is 0. The van der Waals surface area contributed by atoms with Crippen molar-refractivity contribution in [2.75, 3.05) is 40.3 Å². The second-order valence-corrected chi connectivity index (χ2v) is 4.08. The van der Waals surface area contributed by atoms with Crippen molar-refractivity contribution in [1.29, 1.82) is 0 Å². The van der Waals surface area contributed by atoms with Crippen LogP contribution in [0.4, 0.5) is 4.79 Å². The lowest BCUT2D eigenvalue weighted by Crippen LogP contribution is -2.48. The summed E-state index contributed by atoms with van der Waals surface area (Å²) in [4.78, 5) is 11.2. The van der Waals surface area contributed by atoms with Crippen LogP contribution in [0.2, 0.25) is 0 Å². The van der Waals surface area contributed by atoms with Gasteiger partial charge < -0.3 is 21.3 Å². The van der Waals surface area contributed by atoms with Gasteiger partial charge in [0.05, 0.1) is 0 Å². The van der Waals surface area contributed by atoms with E-state index in [-0.39, 0.29) is 11.4 Å². The molecule has 0 aliphatic rings. The molecule has 5 heteroatoms. The minimum Gasteiger partial charge on any atom is -0.338 e. The quantitative estimate of drug-likeness (QED) is 0.474. The molecule has 15 heavy (non-hydrogen) atoms. The van der Waals surface area contributed by atoms with Crippen LogP contribution in [0.1, 0.15) is 13.8 Å². The fraction of sp³-hybridized carbons (Fsp3) is 0.900. The third kappa shape index (κ3) is 6.30. The Morgan fingerprint density at radius 1 is 1.07 bits per heavy atom. The third-order valence-corrected chi connectivity index (χ3v) is 2.22. The molecule has 0 bridgehead atoms. The van der Waals surface area contributed by atoms with Gasteiger partial charge in [0.1, 0.15) is 0 Å². The first-order valence-electron chi connectivity index (χ1n) is 5.39. The van der Waals surface area contributed by atoms with Crippen molar-refractivity contribution in [3.63, 3.8) is 0 Å². The lowest BCUT2D eigenvalue weighted by atomic mass is 9.90. The molecule has 0 aromatic rings. The molecule has 0 atom stereocenters. The van der Waals surface area contributed by atoms with Crippen molar-refractivity contribution >= 4 is 6.03 Å². The van der Waals surface area contributed by atoms with Gasteiger partial charge in [-0.05, 0) is 21.0 Å². The van der Waals surface area contributed by atoms with E-state index in [0.29, 0.717) is 13.1 Å². The maximum Gasteiger partial charge on any atom is 0.314 e. The second kappa shape index (κ2) is 7.48. The Morgan fingerprint density at radius 3 is 2.00 bits per heavy atom. The first kappa shape index (κ1) is 14.2. The largest absolute Gasteiger partial charge is 0.338 e. The van der Waals surface area contributed by atoms with Crippen molar-refractivity contribution in [2.45, 2.75) is 13.8 Å². The lowest BCUT2D eigenvalue weighted by Gasteiger charge is -2.29. The molecule has 0 rings (SSSR count). The Kier molecular flexibility index (Phi) is 7.07. The summed E-state index contributed by atoms with van der Waals surface area (Å²) in [7, 11) is 3.83. The molecule has 90 valence electrons. The smallest absolute Gasteiger partial charge is 0.314 e. The van der Waals surface area contributed by atoms with Crippen LogP contribution >= 0.6 is 0 Å². The number of nitrogens with one attached hydrogen (secondary N) is 4. The highest BCUT2D eigenvalue weighted by Crippen LogP contribution is 2.11. The lowest BCUT2D eigenvalue weighted by molar-refractivity contribution is 0.229. The van der Waals surface area contributed by atoms with E-state index in [4.69, 9.17) is 0 Å². The summed E-state index contributed by atoms with van der Waals surface area (Å²) in [5, 5.41) is 11.8. The molecule has 0 fully saturated rings. The van der Waals surface area contributed by atoms with E-state index in [0.717, 1.165) is 13.1 Å². The van der Waals surface area contributed by atoms with Gasteiger partial charge in [-0.2, -0.15) is 0 Å². The van der Waals surface area contributed by atoms with E-state index in [9.17, 15) is 4.79 Å². The molecule has 0 saturated carbocycles. The van der Waals surface area contributed by atoms with Crippen LogP contribution in [0.15, 0.2) is 0 Å². The summed E-state index contributed by atoms with van der Waals surface area (Å²) in [6.45, 7) is 7.06. The first-order valence-corrected chi connectivity index (χ1v) is 5.39. The van der Waals surface area contributed by atoms with Crippen LogP contribution in [0.25, 0.3) is 0 Å². The molecule has 0 radical (unpaired) electrons. The van der Waals surface area contributed by atoms with E-state index in [2.05, 4.69) is 28.2 Å². The molecule has 4 N–H and O–H groups in total. The topological polar surface area (TPSA) is 65.2 Å². The average Bonchev–Trinajstić information content (AvgIpc) is 2.16. The van der Waals surface area contributed by atoms with Gasteiger partial charge in [-0.15, -0.1) is 0 Å². The summed E-state index contributed by atoms with van der Waals surface area (Å²) in [6.07, 6.45) is 0. The van der Waals surface area contributed by atoms with Gasteiger partial charge in [0.2, 0.25) is 0 Å². The minimum absolute atomic E-state index is 0.0363. The molecule has 0 aliphatic heterocycles. The Bertz CT molecular complexity index is 178. The standard InChI is InChI=1S/C10H24N4O/c1-5-13-9(15)14-8-10(2,6-11-3)7-12-4/h11-12H,5-8H2,1-4H3,(H2,13,14,15). The van der Waals surface area contributed by atoms with Gasteiger partial charge >= 0.3 is 6.03 Å². The number of hydrogen-bond acceptors (Lipinski definition) is 3. The molecule has 0 aromatic carbocycles. The monoisotopic (exact) mass is 216 g/mol. The molecule has 0 aliphatic carbocycles. The third-order valence-electron chi connectivity index (χ3n) is 2.22. The molecule has 5 nitrogen and oxygen atoms in total. The Labute approximate surface area is 92.4 Å². The van der Waals surface area contributed by atoms with Gasteiger partial charge in [0.15, 0.2) is 0 Å². The van der Waals surface area contributed by atoms with Gasteiger partial charge in [0, 0.05) is 31.6 Å². The van der Waals surface area contributed by atoms with Crippen molar-refractivity contribution < 1.29 is 4.79 Å². The first-order chi connectivity index (χ1) is 7.08. The molecular formula is C10H24N4O. The van der Waals surface area contributed by atoms with Crippen LogP contribution in [0.5, 0.6) is 0 Å². The maximum absolute atomic E-state index is 11.2. The van der Waals surface area contributed by atoms with Crippen LogP contribution in [0.3, 0.4) is 0 Å². The molecule has 0 aromatic heterocycles. The second-order valence-electron chi connectivity index (χ2n) is 4.08. The highest BCUT2D eigenvalue weighted by atomic mass is 16.2. The number of amides is 2. The van der Waals surface area contributed by atoms with Crippen molar-refractivity contribution in [2.24, 2.45) is 5.41 Å². The highest BCUT2D eigenvalue weighted by molar-refractivity contribution is 5.73. The zero-order chi connectivity index (χ0) is 11.7. The maximum atomic E-state index is 11.2. The number of carbonyl (C=O) groups is 1. The van der Waals surface area contributed by atoms with Gasteiger partial charge in [-0.1, -0.05) is 6.92 Å². The summed E-state index contributed by atoms with van der Waals surface area (Å²) >= 11 is 0. The van der Waals surface area contributed by atoms with Crippen molar-refractivity contribution in [3.8, 4) is 0 Å². The Morgan fingerprint density at radius 2 is 1.60 bits per heavy atom. The van der Waals surface area contributed by atoms with Crippen molar-refractivity contribution in [1.82, 2.24) is 21.3 Å². The van der Waals surface area contributed by atoms with E-state index in [1.165, 1.54) is 0 Å². The normalized spacial score (nSPS) is 11.2. The predicted molar refractivity (Wildman–Crippen MR) is 63.0 cm³/mol. The number of rotatable bonds is 7. The Hall–Kier alpha value is -0.810. The van der Waals surface area contributed by atoms with Gasteiger partial charge in [0.25, 0.3) is 0 Å². The number of carbonyl (C=O) groups excluding carboxylic acids is 1. The number of urea groups is 1. The zero-order valence-corrected chi connectivity index (χ0v) is 10.2. The highest BCUT2D eigenvalue weighted by Gasteiger charge is 2.23. The van der Waals surface area contributed by atoms with E-state index < -0.39 is 0 Å². The minimum atomic E-state index is -0.101. The van der Waals surface area contributed by atoms with Gasteiger partial charge in [-0.3, -0.25) is 0 Å². The summed E-state index contributed by atoms with van der Waals surface area (Å²) in [6, 6.07) is -0.101. The van der Waals surface area contributed by atoms with Crippen LogP contribution < -0.4 is 21.3 Å². The van der Waals surface area contributed by atoms with Crippen molar-refractivity contribution in [3.05, 3.63) is 0 Å². The SMILES string of the molecule is CCNC(=O)NCC(C)(CNC)CNC. The molecule has 2 amide bonds. The molecule has 0 spiro atoms. The molecule has 0 saturated heterocycles. The molecule has 0 unspecified atom stereocenters. The van der Waals surface area contributed by atoms with E-state index >= 15 is 0 Å².